The van der Waals surface area contributed by atoms with Crippen LogP contribution in [0.15, 0.2) is 42.5 Å². The lowest BCUT2D eigenvalue weighted by Gasteiger charge is -2.22. The number of hydrogen-bond acceptors (Lipinski definition) is 5. The Morgan fingerprint density at radius 3 is 2.36 bits per heavy atom. The number of anilines is 1. The van der Waals surface area contributed by atoms with Crippen LogP contribution in [0.4, 0.5) is 5.69 Å². The molecule has 0 aromatic heterocycles. The third kappa shape index (κ3) is 5.61. The summed E-state index contributed by atoms with van der Waals surface area (Å²) in [6.45, 7) is 3.54. The molecule has 28 heavy (non-hydrogen) atoms. The van der Waals surface area contributed by atoms with Gasteiger partial charge in [0, 0.05) is 5.02 Å². The Bertz CT molecular complexity index is 902. The van der Waals surface area contributed by atoms with Gasteiger partial charge in [-0.1, -0.05) is 49.2 Å². The molecule has 148 valence electrons. The Labute approximate surface area is 172 Å². The molecule has 9 heteroatoms. The van der Waals surface area contributed by atoms with Gasteiger partial charge in [0.1, 0.15) is 6.04 Å². The Morgan fingerprint density at radius 1 is 1.04 bits per heavy atom. The van der Waals surface area contributed by atoms with Crippen LogP contribution in [-0.2, 0) is 4.79 Å². The lowest BCUT2D eigenvalue weighted by atomic mass is 10.0. The molecule has 0 heterocycles. The van der Waals surface area contributed by atoms with E-state index in [-0.39, 0.29) is 22.1 Å². The lowest BCUT2D eigenvalue weighted by Crippen LogP contribution is -2.51. The highest BCUT2D eigenvalue weighted by Gasteiger charge is 2.25. The molecular weight excluding hydrogens is 405 g/mol. The van der Waals surface area contributed by atoms with E-state index >= 15 is 0 Å². The van der Waals surface area contributed by atoms with Gasteiger partial charge in [0.25, 0.3) is 11.8 Å². The van der Waals surface area contributed by atoms with Crippen LogP contribution in [0.1, 0.15) is 34.6 Å². The molecule has 0 saturated carbocycles. The first-order chi connectivity index (χ1) is 13.2. The maximum absolute atomic E-state index is 12.5. The van der Waals surface area contributed by atoms with Crippen LogP contribution >= 0.6 is 23.2 Å². The normalized spacial score (nSPS) is 11.6. The van der Waals surface area contributed by atoms with Gasteiger partial charge in [-0.15, -0.1) is 0 Å². The summed E-state index contributed by atoms with van der Waals surface area (Å²) < 4.78 is 0. The molecule has 2 rings (SSSR count). The van der Waals surface area contributed by atoms with Gasteiger partial charge >= 0.3 is 0 Å². The topological polar surface area (TPSA) is 110 Å². The average Bonchev–Trinajstić information content (AvgIpc) is 2.63. The fourth-order valence-electron chi connectivity index (χ4n) is 2.36. The second kappa shape index (κ2) is 9.43. The molecule has 2 amide bonds. The fraction of sp³-hybridized carbons (Fsp3) is 0.211. The van der Waals surface area contributed by atoms with Crippen molar-refractivity contribution >= 4 is 46.7 Å². The Hall–Kier alpha value is -2.77. The highest BCUT2D eigenvalue weighted by atomic mass is 35.5. The summed E-state index contributed by atoms with van der Waals surface area (Å²) in [5, 5.41) is 14.1. The average molecular weight is 423 g/mol. The second-order valence-corrected chi connectivity index (χ2v) is 7.15. The maximum atomic E-state index is 12.5. The molecule has 0 fully saturated rings. The van der Waals surface area contributed by atoms with E-state index in [1.54, 1.807) is 19.9 Å². The first-order valence-electron chi connectivity index (χ1n) is 8.32. The molecule has 0 bridgehead atoms. The highest BCUT2D eigenvalue weighted by molar-refractivity contribution is 6.36. The molecule has 2 aromatic carbocycles. The van der Waals surface area contributed by atoms with E-state index < -0.39 is 23.8 Å². The number of carboxylic acid groups (broad SMARTS) is 1. The summed E-state index contributed by atoms with van der Waals surface area (Å²) in [4.78, 5) is 35.9. The minimum atomic E-state index is -1.33. The van der Waals surface area contributed by atoms with Crippen LogP contribution in [-0.4, -0.2) is 23.8 Å². The predicted molar refractivity (Wildman–Crippen MR) is 105 cm³/mol. The van der Waals surface area contributed by atoms with Crippen molar-refractivity contribution in [3.8, 4) is 0 Å². The van der Waals surface area contributed by atoms with Crippen LogP contribution in [0.5, 0.6) is 0 Å². The summed E-state index contributed by atoms with van der Waals surface area (Å²) in [7, 11) is 0. The number of carbonyl (C=O) groups is 3. The van der Waals surface area contributed by atoms with Crippen molar-refractivity contribution in [1.82, 2.24) is 10.7 Å². The molecule has 3 N–H and O–H groups in total. The second-order valence-electron chi connectivity index (χ2n) is 6.30. The molecule has 0 saturated heterocycles. The smallest absolute Gasteiger partial charge is 0.261 e. The SMILES string of the molecule is CC(C)[C@@H](NC(=O)c1ccc(Cl)cc1Cl)C(=O)NNc1cccc(C(=O)[O-])c1. The van der Waals surface area contributed by atoms with Gasteiger partial charge in [-0.2, -0.15) is 0 Å². The van der Waals surface area contributed by atoms with Gasteiger partial charge in [-0.05, 0) is 41.8 Å². The number of hydrogen-bond donors (Lipinski definition) is 3. The van der Waals surface area contributed by atoms with Gasteiger partial charge in [-0.25, -0.2) is 0 Å². The Kier molecular flexibility index (Phi) is 7.25. The van der Waals surface area contributed by atoms with Gasteiger partial charge in [-0.3, -0.25) is 20.4 Å². The van der Waals surface area contributed by atoms with Crippen molar-refractivity contribution in [3.05, 3.63) is 63.6 Å². The summed E-state index contributed by atoms with van der Waals surface area (Å²) in [5.74, 6) is -2.59. The fourth-order valence-corrected chi connectivity index (χ4v) is 2.86. The summed E-state index contributed by atoms with van der Waals surface area (Å²) in [6.07, 6.45) is 0. The number of carbonyl (C=O) groups excluding carboxylic acids is 3. The van der Waals surface area contributed by atoms with Gasteiger partial charge in [0.15, 0.2) is 0 Å². The number of nitrogens with one attached hydrogen (secondary N) is 3. The number of benzene rings is 2. The van der Waals surface area contributed by atoms with Crippen LogP contribution < -0.4 is 21.3 Å². The lowest BCUT2D eigenvalue weighted by molar-refractivity contribution is -0.255. The summed E-state index contributed by atoms with van der Waals surface area (Å²) in [5.41, 5.74) is 5.59. The molecule has 0 spiro atoms. The van der Waals surface area contributed by atoms with Crippen molar-refractivity contribution in [3.63, 3.8) is 0 Å². The van der Waals surface area contributed by atoms with Crippen molar-refractivity contribution < 1.29 is 19.5 Å². The number of aromatic carboxylic acids is 1. The summed E-state index contributed by atoms with van der Waals surface area (Å²) >= 11 is 11.9. The molecule has 0 radical (unpaired) electrons. The van der Waals surface area contributed by atoms with Crippen LogP contribution in [0, 0.1) is 5.92 Å². The number of hydrazine groups is 1. The van der Waals surface area contributed by atoms with E-state index in [9.17, 15) is 19.5 Å². The quantitative estimate of drug-likeness (QED) is 0.592. The molecule has 7 nitrogen and oxygen atoms in total. The third-order valence-corrected chi connectivity index (χ3v) is 4.39. The molecule has 0 aliphatic carbocycles. The van der Waals surface area contributed by atoms with Crippen molar-refractivity contribution in [2.24, 2.45) is 5.92 Å². The molecule has 1 atom stereocenters. The standard InChI is InChI=1S/C19H19Cl2N3O4/c1-10(2)16(22-17(25)14-7-6-12(20)9-15(14)21)18(26)24-23-13-5-3-4-11(8-13)19(27)28/h3-10,16,23H,1-2H3,(H,22,25)(H,24,26)(H,27,28)/p-1/t16-/m1/s1. The monoisotopic (exact) mass is 422 g/mol. The van der Waals surface area contributed by atoms with Gasteiger partial charge in [0.05, 0.1) is 22.2 Å². The number of halogens is 2. The third-order valence-electron chi connectivity index (χ3n) is 3.84. The largest absolute Gasteiger partial charge is 0.545 e. The first-order valence-corrected chi connectivity index (χ1v) is 9.08. The number of rotatable bonds is 7. The van der Waals surface area contributed by atoms with E-state index in [2.05, 4.69) is 16.2 Å². The minimum absolute atomic E-state index is 0.0367. The molecule has 0 aliphatic rings. The van der Waals surface area contributed by atoms with Crippen LogP contribution in [0.2, 0.25) is 10.0 Å². The zero-order valence-corrected chi connectivity index (χ0v) is 16.6. The van der Waals surface area contributed by atoms with Crippen molar-refractivity contribution in [1.29, 1.82) is 0 Å². The zero-order chi connectivity index (χ0) is 20.8. The predicted octanol–water partition coefficient (Wildman–Crippen LogP) is 2.25. The maximum Gasteiger partial charge on any atom is 0.261 e. The van der Waals surface area contributed by atoms with E-state index in [1.807, 2.05) is 0 Å². The van der Waals surface area contributed by atoms with E-state index in [1.165, 1.54) is 36.4 Å². The first kappa shape index (κ1) is 21.5. The molecular formula is C19H18Cl2N3O4-. The van der Waals surface area contributed by atoms with Crippen LogP contribution in [0.3, 0.4) is 0 Å². The van der Waals surface area contributed by atoms with E-state index in [0.717, 1.165) is 0 Å². The zero-order valence-electron chi connectivity index (χ0n) is 15.1. The number of amides is 2. The molecule has 0 unspecified atom stereocenters. The van der Waals surface area contributed by atoms with E-state index in [0.29, 0.717) is 10.7 Å². The minimum Gasteiger partial charge on any atom is -0.545 e. The van der Waals surface area contributed by atoms with Gasteiger partial charge in [0.2, 0.25) is 0 Å². The van der Waals surface area contributed by atoms with Crippen LogP contribution in [0.25, 0.3) is 0 Å². The van der Waals surface area contributed by atoms with E-state index in [4.69, 9.17) is 23.2 Å². The highest BCUT2D eigenvalue weighted by Crippen LogP contribution is 2.21. The molecule has 2 aromatic rings. The summed E-state index contributed by atoms with van der Waals surface area (Å²) in [6, 6.07) is 9.33. The number of carboxylic acids is 1. The van der Waals surface area contributed by atoms with Gasteiger partial charge < -0.3 is 15.2 Å². The van der Waals surface area contributed by atoms with Crippen molar-refractivity contribution in [2.45, 2.75) is 19.9 Å². The Balaban J connectivity index is 2.06. The molecule has 0 aliphatic heterocycles. The Morgan fingerprint density at radius 2 is 1.75 bits per heavy atom. The van der Waals surface area contributed by atoms with Crippen molar-refractivity contribution in [2.75, 3.05) is 5.43 Å².